The van der Waals surface area contributed by atoms with Crippen LogP contribution in [0.4, 0.5) is 5.69 Å². The summed E-state index contributed by atoms with van der Waals surface area (Å²) in [6.07, 6.45) is 0. The summed E-state index contributed by atoms with van der Waals surface area (Å²) in [7, 11) is 0. The molecule has 0 aromatic heterocycles. The van der Waals surface area contributed by atoms with Crippen molar-refractivity contribution >= 4 is 23.2 Å². The first-order chi connectivity index (χ1) is 11.5. The molecule has 1 saturated heterocycles. The molecular formula is C20H23ClN2O. The van der Waals surface area contributed by atoms with Crippen LogP contribution in [0.1, 0.15) is 23.6 Å². The summed E-state index contributed by atoms with van der Waals surface area (Å²) >= 11 is 6.04. The maximum Gasteiger partial charge on any atom is 0.244 e. The van der Waals surface area contributed by atoms with Crippen molar-refractivity contribution in [2.75, 3.05) is 18.0 Å². The number of amides is 1. The number of carbonyl (C=O) groups excluding carboxylic acids is 1. The summed E-state index contributed by atoms with van der Waals surface area (Å²) in [6, 6.07) is 14.1. The number of hydrogen-bond donors (Lipinski definition) is 0. The number of nitrogens with zero attached hydrogens (tertiary/aromatic N) is 2. The molecule has 1 amide bonds. The smallest absolute Gasteiger partial charge is 0.244 e. The van der Waals surface area contributed by atoms with Crippen molar-refractivity contribution < 1.29 is 4.79 Å². The third-order valence-corrected chi connectivity index (χ3v) is 4.93. The fourth-order valence-electron chi connectivity index (χ4n) is 3.34. The molecule has 1 aliphatic rings. The van der Waals surface area contributed by atoms with Crippen molar-refractivity contribution in [2.45, 2.75) is 33.4 Å². The number of anilines is 1. The zero-order valence-electron chi connectivity index (χ0n) is 14.4. The van der Waals surface area contributed by atoms with Gasteiger partial charge in [0.1, 0.15) is 0 Å². The first-order valence-corrected chi connectivity index (χ1v) is 8.70. The second-order valence-corrected chi connectivity index (χ2v) is 6.99. The van der Waals surface area contributed by atoms with E-state index in [4.69, 9.17) is 11.6 Å². The van der Waals surface area contributed by atoms with Gasteiger partial charge < -0.3 is 4.90 Å². The van der Waals surface area contributed by atoms with Crippen LogP contribution in [0.3, 0.4) is 0 Å². The van der Waals surface area contributed by atoms with Crippen LogP contribution in [-0.4, -0.2) is 29.9 Å². The van der Waals surface area contributed by atoms with Gasteiger partial charge in [0.15, 0.2) is 0 Å². The molecule has 2 aromatic rings. The van der Waals surface area contributed by atoms with Crippen LogP contribution in [0.25, 0.3) is 0 Å². The largest absolute Gasteiger partial charge is 0.310 e. The van der Waals surface area contributed by atoms with Crippen LogP contribution in [0.15, 0.2) is 42.5 Å². The summed E-state index contributed by atoms with van der Waals surface area (Å²) in [4.78, 5) is 17.0. The molecule has 126 valence electrons. The lowest BCUT2D eigenvalue weighted by Gasteiger charge is -2.39. The Balaban J connectivity index is 1.76. The van der Waals surface area contributed by atoms with E-state index in [9.17, 15) is 4.79 Å². The summed E-state index contributed by atoms with van der Waals surface area (Å²) < 4.78 is 0. The molecule has 1 unspecified atom stereocenters. The van der Waals surface area contributed by atoms with Gasteiger partial charge >= 0.3 is 0 Å². The van der Waals surface area contributed by atoms with Crippen molar-refractivity contribution in [3.8, 4) is 0 Å². The standard InChI is InChI=1S/C20H23ClN2O/c1-14-5-4-6-17(11-14)13-22-9-10-23(20(24)16(22)3)19-8-7-18(21)12-15(19)2/h4-8,11-12,16H,9-10,13H2,1-3H3. The van der Waals surface area contributed by atoms with Crippen LogP contribution in [0.2, 0.25) is 5.02 Å². The predicted octanol–water partition coefficient (Wildman–Crippen LogP) is 4.19. The fraction of sp³-hybridized carbons (Fsp3) is 0.350. The van der Waals surface area contributed by atoms with E-state index >= 15 is 0 Å². The third kappa shape index (κ3) is 3.47. The first kappa shape index (κ1) is 17.0. The lowest BCUT2D eigenvalue weighted by Crippen LogP contribution is -2.55. The summed E-state index contributed by atoms with van der Waals surface area (Å²) in [5, 5.41) is 0.704. The van der Waals surface area contributed by atoms with E-state index < -0.39 is 0 Å². The number of carbonyl (C=O) groups is 1. The van der Waals surface area contributed by atoms with Gasteiger partial charge in [-0.3, -0.25) is 9.69 Å². The Morgan fingerprint density at radius 2 is 1.92 bits per heavy atom. The fourth-order valence-corrected chi connectivity index (χ4v) is 3.56. The maximum atomic E-state index is 12.9. The second-order valence-electron chi connectivity index (χ2n) is 6.56. The van der Waals surface area contributed by atoms with Gasteiger partial charge in [0.25, 0.3) is 0 Å². The molecule has 3 rings (SSSR count). The van der Waals surface area contributed by atoms with Crippen LogP contribution >= 0.6 is 11.6 Å². The average molecular weight is 343 g/mol. The summed E-state index contributed by atoms with van der Waals surface area (Å²) in [5.74, 6) is 0.152. The van der Waals surface area contributed by atoms with Crippen LogP contribution in [-0.2, 0) is 11.3 Å². The molecule has 0 bridgehead atoms. The Morgan fingerprint density at radius 1 is 1.12 bits per heavy atom. The zero-order valence-corrected chi connectivity index (χ0v) is 15.2. The monoisotopic (exact) mass is 342 g/mol. The van der Waals surface area contributed by atoms with Crippen LogP contribution in [0, 0.1) is 13.8 Å². The van der Waals surface area contributed by atoms with Gasteiger partial charge in [-0.15, -0.1) is 0 Å². The van der Waals surface area contributed by atoms with E-state index in [2.05, 4.69) is 36.1 Å². The second kappa shape index (κ2) is 6.96. The van der Waals surface area contributed by atoms with Crippen molar-refractivity contribution in [3.05, 3.63) is 64.2 Å². The van der Waals surface area contributed by atoms with Crippen molar-refractivity contribution in [1.29, 1.82) is 0 Å². The molecule has 1 heterocycles. The van der Waals surface area contributed by atoms with E-state index in [0.29, 0.717) is 11.6 Å². The van der Waals surface area contributed by atoms with E-state index in [1.54, 1.807) is 0 Å². The van der Waals surface area contributed by atoms with E-state index in [1.807, 2.05) is 36.9 Å². The Hall–Kier alpha value is -1.84. The maximum absolute atomic E-state index is 12.9. The average Bonchev–Trinajstić information content (AvgIpc) is 2.53. The number of halogens is 1. The molecule has 3 nitrogen and oxygen atoms in total. The predicted molar refractivity (Wildman–Crippen MR) is 99.6 cm³/mol. The summed E-state index contributed by atoms with van der Waals surface area (Å²) in [6.45, 7) is 8.47. The SMILES string of the molecule is Cc1cccc(CN2CCN(c3ccc(Cl)cc3C)C(=O)C2C)c1. The van der Waals surface area contributed by atoms with Gasteiger partial charge in [-0.2, -0.15) is 0 Å². The number of rotatable bonds is 3. The topological polar surface area (TPSA) is 23.6 Å². The molecule has 4 heteroatoms. The van der Waals surface area contributed by atoms with Gasteiger partial charge in [0.2, 0.25) is 5.91 Å². The van der Waals surface area contributed by atoms with Crippen molar-refractivity contribution in [1.82, 2.24) is 4.90 Å². The molecular weight excluding hydrogens is 320 g/mol. The highest BCUT2D eigenvalue weighted by Crippen LogP contribution is 2.27. The van der Waals surface area contributed by atoms with Crippen molar-refractivity contribution in [2.24, 2.45) is 0 Å². The zero-order chi connectivity index (χ0) is 17.3. The minimum Gasteiger partial charge on any atom is -0.310 e. The molecule has 0 aliphatic carbocycles. The van der Waals surface area contributed by atoms with Gasteiger partial charge in [-0.25, -0.2) is 0 Å². The lowest BCUT2D eigenvalue weighted by molar-refractivity contribution is -0.125. The highest BCUT2D eigenvalue weighted by Gasteiger charge is 2.32. The number of hydrogen-bond acceptors (Lipinski definition) is 2. The Bertz CT molecular complexity index is 759. The minimum atomic E-state index is -0.130. The van der Waals surface area contributed by atoms with E-state index in [0.717, 1.165) is 24.3 Å². The van der Waals surface area contributed by atoms with Gasteiger partial charge in [-0.05, 0) is 50.1 Å². The van der Waals surface area contributed by atoms with E-state index in [1.165, 1.54) is 11.1 Å². The number of piperazine rings is 1. The molecule has 2 aromatic carbocycles. The highest BCUT2D eigenvalue weighted by molar-refractivity contribution is 6.30. The first-order valence-electron chi connectivity index (χ1n) is 8.33. The normalized spacial score (nSPS) is 18.9. The Morgan fingerprint density at radius 3 is 2.62 bits per heavy atom. The molecule has 1 atom stereocenters. The molecule has 0 N–H and O–H groups in total. The molecule has 24 heavy (non-hydrogen) atoms. The van der Waals surface area contributed by atoms with Crippen LogP contribution in [0.5, 0.6) is 0 Å². The molecule has 0 spiro atoms. The number of aryl methyl sites for hydroxylation is 2. The van der Waals surface area contributed by atoms with Gasteiger partial charge in [0, 0.05) is 30.3 Å². The lowest BCUT2D eigenvalue weighted by atomic mass is 10.1. The third-order valence-electron chi connectivity index (χ3n) is 4.70. The Kier molecular flexibility index (Phi) is 4.93. The van der Waals surface area contributed by atoms with Gasteiger partial charge in [-0.1, -0.05) is 41.4 Å². The van der Waals surface area contributed by atoms with Crippen molar-refractivity contribution in [3.63, 3.8) is 0 Å². The van der Waals surface area contributed by atoms with E-state index in [-0.39, 0.29) is 11.9 Å². The quantitative estimate of drug-likeness (QED) is 0.834. The molecule has 0 radical (unpaired) electrons. The minimum absolute atomic E-state index is 0.130. The number of benzene rings is 2. The molecule has 1 fully saturated rings. The molecule has 1 aliphatic heterocycles. The van der Waals surface area contributed by atoms with Gasteiger partial charge in [0.05, 0.1) is 6.04 Å². The molecule has 0 saturated carbocycles. The summed E-state index contributed by atoms with van der Waals surface area (Å²) in [5.41, 5.74) is 4.51. The Labute approximate surface area is 148 Å². The van der Waals surface area contributed by atoms with Crippen LogP contribution < -0.4 is 4.90 Å². The highest BCUT2D eigenvalue weighted by atomic mass is 35.5.